The van der Waals surface area contributed by atoms with Gasteiger partial charge in [-0.15, -0.1) is 0 Å². The van der Waals surface area contributed by atoms with Gasteiger partial charge in [0.2, 0.25) is 0 Å². The molecule has 5 heteroatoms. The van der Waals surface area contributed by atoms with Crippen LogP contribution in [0.3, 0.4) is 0 Å². The van der Waals surface area contributed by atoms with Crippen LogP contribution in [0.15, 0.2) is 12.4 Å². The van der Waals surface area contributed by atoms with E-state index in [0.717, 1.165) is 30.2 Å². The van der Waals surface area contributed by atoms with Crippen molar-refractivity contribution >= 4 is 17.6 Å². The van der Waals surface area contributed by atoms with Gasteiger partial charge < -0.3 is 10.2 Å². The van der Waals surface area contributed by atoms with E-state index < -0.39 is 0 Å². The largest absolute Gasteiger partial charge is 0.355 e. The first-order valence-corrected chi connectivity index (χ1v) is 8.54. The molecule has 1 rings (SSSR count). The summed E-state index contributed by atoms with van der Waals surface area (Å²) in [5.74, 6) is 2.07. The van der Waals surface area contributed by atoms with Gasteiger partial charge in [-0.05, 0) is 33.4 Å². The second-order valence-corrected chi connectivity index (χ2v) is 7.01. The van der Waals surface area contributed by atoms with Crippen LogP contribution in [0.1, 0.15) is 39.8 Å². The quantitative estimate of drug-likeness (QED) is 0.838. The van der Waals surface area contributed by atoms with Gasteiger partial charge in [0.15, 0.2) is 0 Å². The van der Waals surface area contributed by atoms with E-state index in [-0.39, 0.29) is 5.54 Å². The fraction of sp³-hybridized carbons (Fsp3) is 0.733. The smallest absolute Gasteiger partial charge is 0.147 e. The molecule has 114 valence electrons. The summed E-state index contributed by atoms with van der Waals surface area (Å²) >= 11 is 1.87. The van der Waals surface area contributed by atoms with E-state index in [4.69, 9.17) is 4.98 Å². The van der Waals surface area contributed by atoms with Gasteiger partial charge >= 0.3 is 0 Å². The van der Waals surface area contributed by atoms with E-state index >= 15 is 0 Å². The van der Waals surface area contributed by atoms with E-state index in [9.17, 15) is 0 Å². The fourth-order valence-electron chi connectivity index (χ4n) is 1.89. The van der Waals surface area contributed by atoms with Crippen molar-refractivity contribution < 1.29 is 0 Å². The van der Waals surface area contributed by atoms with Gasteiger partial charge in [0.05, 0.1) is 11.9 Å². The van der Waals surface area contributed by atoms with Crippen LogP contribution >= 0.6 is 11.8 Å². The first-order valence-electron chi connectivity index (χ1n) is 7.15. The molecule has 0 bridgehead atoms. The Morgan fingerprint density at radius 1 is 1.35 bits per heavy atom. The Balaban J connectivity index is 2.76. The maximum Gasteiger partial charge on any atom is 0.147 e. The number of rotatable bonds is 7. The zero-order valence-corrected chi connectivity index (χ0v) is 14.4. The number of aromatic nitrogens is 2. The minimum absolute atomic E-state index is 0.0917. The van der Waals surface area contributed by atoms with Crippen LogP contribution in [-0.2, 0) is 6.54 Å². The highest BCUT2D eigenvalue weighted by atomic mass is 32.2. The van der Waals surface area contributed by atoms with Crippen molar-refractivity contribution in [1.29, 1.82) is 0 Å². The fourth-order valence-corrected chi connectivity index (χ4v) is 2.73. The molecule has 0 saturated heterocycles. The third kappa shape index (κ3) is 5.67. The molecule has 20 heavy (non-hydrogen) atoms. The molecule has 0 aliphatic carbocycles. The summed E-state index contributed by atoms with van der Waals surface area (Å²) < 4.78 is 0. The molecule has 0 aliphatic heterocycles. The molecule has 0 amide bonds. The average Bonchev–Trinajstić information content (AvgIpc) is 2.41. The molecule has 1 N–H and O–H groups in total. The number of nitrogens with one attached hydrogen (secondary N) is 1. The third-order valence-corrected chi connectivity index (χ3v) is 3.93. The van der Waals surface area contributed by atoms with Crippen molar-refractivity contribution in [2.45, 2.75) is 52.2 Å². The molecule has 0 aliphatic rings. The Hall–Kier alpha value is -0.810. The van der Waals surface area contributed by atoms with Crippen molar-refractivity contribution in [1.82, 2.24) is 15.3 Å². The second-order valence-electron chi connectivity index (χ2n) is 6.10. The van der Waals surface area contributed by atoms with Gasteiger partial charge in [0.25, 0.3) is 0 Å². The number of anilines is 1. The van der Waals surface area contributed by atoms with Gasteiger partial charge in [-0.1, -0.05) is 6.92 Å². The maximum absolute atomic E-state index is 4.72. The van der Waals surface area contributed by atoms with Gasteiger partial charge in [0.1, 0.15) is 5.82 Å². The van der Waals surface area contributed by atoms with Crippen LogP contribution in [0, 0.1) is 0 Å². The van der Waals surface area contributed by atoms with Crippen molar-refractivity contribution in [3.8, 4) is 0 Å². The highest BCUT2D eigenvalue weighted by molar-refractivity contribution is 7.98. The molecule has 1 heterocycles. The normalized spacial score (nSPS) is 13.3. The van der Waals surface area contributed by atoms with Crippen molar-refractivity contribution in [2.24, 2.45) is 0 Å². The van der Waals surface area contributed by atoms with E-state index in [1.54, 1.807) is 0 Å². The number of nitrogens with zero attached hydrogens (tertiary/aromatic N) is 3. The van der Waals surface area contributed by atoms with Crippen LogP contribution < -0.4 is 10.2 Å². The van der Waals surface area contributed by atoms with Crippen molar-refractivity contribution in [2.75, 3.05) is 24.0 Å². The monoisotopic (exact) mass is 296 g/mol. The van der Waals surface area contributed by atoms with E-state index in [1.165, 1.54) is 0 Å². The topological polar surface area (TPSA) is 41.1 Å². The maximum atomic E-state index is 4.72. The molecular weight excluding hydrogens is 268 g/mol. The lowest BCUT2D eigenvalue weighted by Gasteiger charge is -2.28. The SMILES string of the molecule is CCC(CSC)N(C)c1cncc(CNC(C)(C)C)n1. The van der Waals surface area contributed by atoms with Gasteiger partial charge in [-0.2, -0.15) is 11.8 Å². The molecule has 4 nitrogen and oxygen atoms in total. The zero-order valence-electron chi connectivity index (χ0n) is 13.6. The van der Waals surface area contributed by atoms with Crippen molar-refractivity contribution in [3.05, 3.63) is 18.1 Å². The average molecular weight is 296 g/mol. The lowest BCUT2D eigenvalue weighted by atomic mass is 10.1. The van der Waals surface area contributed by atoms with Gasteiger partial charge in [-0.25, -0.2) is 4.98 Å². The first kappa shape index (κ1) is 17.2. The molecule has 0 saturated carbocycles. The predicted octanol–water partition coefficient (Wildman–Crippen LogP) is 2.94. The van der Waals surface area contributed by atoms with Crippen LogP contribution in [-0.4, -0.2) is 40.6 Å². The van der Waals surface area contributed by atoms with Crippen LogP contribution in [0.5, 0.6) is 0 Å². The Kier molecular flexibility index (Phi) is 6.76. The van der Waals surface area contributed by atoms with Crippen LogP contribution in [0.25, 0.3) is 0 Å². The van der Waals surface area contributed by atoms with Crippen LogP contribution in [0.4, 0.5) is 5.82 Å². The summed E-state index contributed by atoms with van der Waals surface area (Å²) in [7, 11) is 2.11. The molecule has 0 fully saturated rings. The molecule has 1 unspecified atom stereocenters. The van der Waals surface area contributed by atoms with Gasteiger partial charge in [0, 0.05) is 37.1 Å². The molecule has 1 aromatic heterocycles. The first-order chi connectivity index (χ1) is 9.37. The standard InChI is InChI=1S/C15H28N4S/c1-7-13(11-20-6)19(5)14-10-16-8-12(18-14)9-17-15(2,3)4/h8,10,13,17H,7,9,11H2,1-6H3. The number of thioether (sulfide) groups is 1. The third-order valence-electron chi connectivity index (χ3n) is 3.21. The predicted molar refractivity (Wildman–Crippen MR) is 89.5 cm³/mol. The molecule has 0 aromatic carbocycles. The van der Waals surface area contributed by atoms with Crippen LogP contribution in [0.2, 0.25) is 0 Å². The Labute approximate surface area is 127 Å². The summed E-state index contributed by atoms with van der Waals surface area (Å²) in [6, 6.07) is 0.505. The Morgan fingerprint density at radius 2 is 2.05 bits per heavy atom. The summed E-state index contributed by atoms with van der Waals surface area (Å²) in [5.41, 5.74) is 1.08. The zero-order chi connectivity index (χ0) is 15.2. The molecule has 1 aromatic rings. The lowest BCUT2D eigenvalue weighted by Crippen LogP contribution is -2.36. The highest BCUT2D eigenvalue weighted by Crippen LogP contribution is 2.16. The minimum atomic E-state index is 0.0917. The Bertz CT molecular complexity index is 403. The summed E-state index contributed by atoms with van der Waals surface area (Å²) in [4.78, 5) is 11.3. The Morgan fingerprint density at radius 3 is 2.60 bits per heavy atom. The molecule has 1 atom stereocenters. The van der Waals surface area contributed by atoms with E-state index in [1.807, 2.05) is 24.2 Å². The van der Waals surface area contributed by atoms with Crippen molar-refractivity contribution in [3.63, 3.8) is 0 Å². The minimum Gasteiger partial charge on any atom is -0.355 e. The molecule has 0 spiro atoms. The van der Waals surface area contributed by atoms with Gasteiger partial charge in [-0.3, -0.25) is 4.98 Å². The van der Waals surface area contributed by atoms with E-state index in [2.05, 4.69) is 56.2 Å². The molecular formula is C15H28N4S. The summed E-state index contributed by atoms with van der Waals surface area (Å²) in [6.07, 6.45) is 6.95. The highest BCUT2D eigenvalue weighted by Gasteiger charge is 2.15. The summed E-state index contributed by atoms with van der Waals surface area (Å²) in [6.45, 7) is 9.43. The number of hydrogen-bond donors (Lipinski definition) is 1. The second kappa shape index (κ2) is 7.84. The summed E-state index contributed by atoms with van der Waals surface area (Å²) in [5, 5.41) is 3.45. The molecule has 0 radical (unpaired) electrons. The van der Waals surface area contributed by atoms with E-state index in [0.29, 0.717) is 6.04 Å². The lowest BCUT2D eigenvalue weighted by molar-refractivity contribution is 0.421. The number of hydrogen-bond acceptors (Lipinski definition) is 5.